The molecule has 2 aromatic rings. The molecule has 0 saturated carbocycles. The van der Waals surface area contributed by atoms with Gasteiger partial charge in [0.1, 0.15) is 5.75 Å². The Morgan fingerprint density at radius 2 is 1.97 bits per heavy atom. The van der Waals surface area contributed by atoms with E-state index in [9.17, 15) is 23.1 Å². The molecule has 1 unspecified atom stereocenters. The van der Waals surface area contributed by atoms with Gasteiger partial charge in [-0.1, -0.05) is 11.6 Å². The first-order chi connectivity index (χ1) is 15.4. The number of carbonyl (C=O) groups excluding carboxylic acids is 1. The van der Waals surface area contributed by atoms with E-state index in [1.807, 2.05) is 18.0 Å². The van der Waals surface area contributed by atoms with Gasteiger partial charge in [-0.05, 0) is 44.4 Å². The van der Waals surface area contributed by atoms with Gasteiger partial charge in [0, 0.05) is 47.8 Å². The van der Waals surface area contributed by atoms with Crippen LogP contribution in [0, 0.1) is 6.92 Å². The molecule has 1 aromatic carbocycles. The minimum Gasteiger partial charge on any atom is -0.507 e. The normalized spacial score (nSPS) is 20.7. The number of aromatic nitrogens is 1. The predicted octanol–water partition coefficient (Wildman–Crippen LogP) is 4.32. The van der Waals surface area contributed by atoms with Crippen LogP contribution in [0.4, 0.5) is 13.2 Å². The third kappa shape index (κ3) is 5.96. The number of benzene rings is 1. The summed E-state index contributed by atoms with van der Waals surface area (Å²) in [5.74, 6) is -2.92. The number of hydrogen-bond donors (Lipinski definition) is 2. The SMILES string of the molecule is Cc1ncc(CN2CCC23CCCN(C(=O)c2ccc(Cl)cc2O)C3)s1.O=C(O)C(F)(F)F. The van der Waals surface area contributed by atoms with Crippen LogP contribution in [0.5, 0.6) is 5.75 Å². The highest BCUT2D eigenvalue weighted by molar-refractivity contribution is 7.11. The van der Waals surface area contributed by atoms with E-state index in [-0.39, 0.29) is 17.2 Å². The van der Waals surface area contributed by atoms with E-state index in [2.05, 4.69) is 9.88 Å². The van der Waals surface area contributed by atoms with E-state index < -0.39 is 12.1 Å². The first-order valence-electron chi connectivity index (χ1n) is 10.2. The standard InChI is InChI=1S/C19H22ClN3O2S.C2HF3O2/c1-13-21-10-15(26-13)11-23-8-6-19(23)5-2-7-22(12-19)18(25)16-4-3-14(20)9-17(16)24;3-2(4,5)1(6)7/h3-4,9-10,24H,2,5-8,11-12H2,1H3;(H,6,7). The Morgan fingerprint density at radius 1 is 1.27 bits per heavy atom. The van der Waals surface area contributed by atoms with Gasteiger partial charge >= 0.3 is 12.1 Å². The van der Waals surface area contributed by atoms with Crippen molar-refractivity contribution in [2.75, 3.05) is 19.6 Å². The van der Waals surface area contributed by atoms with Crippen LogP contribution in [0.2, 0.25) is 5.02 Å². The van der Waals surface area contributed by atoms with Crippen molar-refractivity contribution in [2.24, 2.45) is 0 Å². The third-order valence-electron chi connectivity index (χ3n) is 5.81. The summed E-state index contributed by atoms with van der Waals surface area (Å²) < 4.78 is 31.7. The summed E-state index contributed by atoms with van der Waals surface area (Å²) in [7, 11) is 0. The van der Waals surface area contributed by atoms with E-state index >= 15 is 0 Å². The Kier molecular flexibility index (Phi) is 7.55. The van der Waals surface area contributed by atoms with Crippen LogP contribution >= 0.6 is 22.9 Å². The number of aromatic hydroxyl groups is 1. The molecule has 2 fully saturated rings. The largest absolute Gasteiger partial charge is 0.507 e. The lowest BCUT2D eigenvalue weighted by molar-refractivity contribution is -0.192. The van der Waals surface area contributed by atoms with Crippen LogP contribution in [0.1, 0.15) is 39.5 Å². The highest BCUT2D eigenvalue weighted by atomic mass is 35.5. The number of alkyl halides is 3. The molecule has 3 heterocycles. The van der Waals surface area contributed by atoms with Gasteiger partial charge in [-0.2, -0.15) is 13.2 Å². The van der Waals surface area contributed by atoms with E-state index in [0.29, 0.717) is 17.1 Å². The number of rotatable bonds is 3. The number of aliphatic carboxylic acids is 1. The zero-order valence-electron chi connectivity index (χ0n) is 17.7. The molecule has 33 heavy (non-hydrogen) atoms. The quantitative estimate of drug-likeness (QED) is 0.645. The summed E-state index contributed by atoms with van der Waals surface area (Å²) in [5, 5.41) is 18.7. The highest BCUT2D eigenvalue weighted by Crippen LogP contribution is 2.40. The second-order valence-electron chi connectivity index (χ2n) is 8.04. The molecule has 1 spiro atoms. The van der Waals surface area contributed by atoms with E-state index in [0.717, 1.165) is 43.9 Å². The Balaban J connectivity index is 0.000000383. The van der Waals surface area contributed by atoms with Crippen LogP contribution in [0.3, 0.4) is 0 Å². The number of nitrogens with zero attached hydrogens (tertiary/aromatic N) is 3. The fourth-order valence-electron chi connectivity index (χ4n) is 4.10. The zero-order chi connectivity index (χ0) is 24.4. The van der Waals surface area contributed by atoms with Gasteiger partial charge in [0.25, 0.3) is 5.91 Å². The van der Waals surface area contributed by atoms with Gasteiger partial charge in [0.15, 0.2) is 0 Å². The Labute approximate surface area is 197 Å². The molecule has 12 heteroatoms. The molecule has 0 radical (unpaired) electrons. The molecule has 4 rings (SSSR count). The number of carboxylic acid groups (broad SMARTS) is 1. The summed E-state index contributed by atoms with van der Waals surface area (Å²) in [4.78, 5) is 31.8. The van der Waals surface area contributed by atoms with Gasteiger partial charge in [-0.25, -0.2) is 9.78 Å². The number of piperidine rings is 1. The summed E-state index contributed by atoms with van der Waals surface area (Å²) in [6.07, 6.45) is 0.0875. The lowest BCUT2D eigenvalue weighted by Gasteiger charge is -2.57. The monoisotopic (exact) mass is 505 g/mol. The molecule has 1 aromatic heterocycles. The maximum atomic E-state index is 12.9. The average Bonchev–Trinajstić information content (AvgIpc) is 3.15. The predicted molar refractivity (Wildman–Crippen MR) is 117 cm³/mol. The Bertz CT molecular complexity index is 1030. The Hall–Kier alpha value is -2.37. The number of hydrogen-bond acceptors (Lipinski definition) is 6. The van der Waals surface area contributed by atoms with Crippen LogP contribution in [0.25, 0.3) is 0 Å². The molecule has 0 bridgehead atoms. The van der Waals surface area contributed by atoms with E-state index in [1.165, 1.54) is 10.9 Å². The number of halogens is 4. The number of phenols is 1. The second-order valence-corrected chi connectivity index (χ2v) is 9.79. The van der Waals surface area contributed by atoms with Crippen molar-refractivity contribution in [2.45, 2.75) is 44.4 Å². The number of carbonyl (C=O) groups is 2. The average molecular weight is 506 g/mol. The number of likely N-dealkylation sites (tertiary alicyclic amines) is 2. The van der Waals surface area contributed by atoms with E-state index in [1.54, 1.807) is 23.5 Å². The maximum absolute atomic E-state index is 12.9. The number of amides is 1. The van der Waals surface area contributed by atoms with Gasteiger partial charge in [-0.3, -0.25) is 9.69 Å². The number of phenolic OH excluding ortho intramolecular Hbond substituents is 1. The molecule has 7 nitrogen and oxygen atoms in total. The minimum atomic E-state index is -5.08. The number of aryl methyl sites for hydroxylation is 1. The van der Waals surface area contributed by atoms with Crippen molar-refractivity contribution in [1.82, 2.24) is 14.8 Å². The minimum absolute atomic E-state index is 0.0484. The van der Waals surface area contributed by atoms with E-state index in [4.69, 9.17) is 21.5 Å². The summed E-state index contributed by atoms with van der Waals surface area (Å²) in [6, 6.07) is 4.69. The fourth-order valence-corrected chi connectivity index (χ4v) is 5.08. The van der Waals surface area contributed by atoms with Crippen LogP contribution < -0.4 is 0 Å². The summed E-state index contributed by atoms with van der Waals surface area (Å²) >= 11 is 7.63. The molecular weight excluding hydrogens is 483 g/mol. The first-order valence-corrected chi connectivity index (χ1v) is 11.3. The van der Waals surface area contributed by atoms with Crippen molar-refractivity contribution < 1.29 is 33.0 Å². The first kappa shape index (κ1) is 25.3. The van der Waals surface area contributed by atoms with Crippen molar-refractivity contribution >= 4 is 34.8 Å². The maximum Gasteiger partial charge on any atom is 0.490 e. The molecule has 2 aliphatic rings. The lowest BCUT2D eigenvalue weighted by Crippen LogP contribution is -2.66. The molecule has 2 N–H and O–H groups in total. The van der Waals surface area contributed by atoms with Gasteiger partial charge in [0.05, 0.1) is 10.6 Å². The van der Waals surface area contributed by atoms with Gasteiger partial charge in [0.2, 0.25) is 0 Å². The highest BCUT2D eigenvalue weighted by Gasteiger charge is 2.48. The fraction of sp³-hybridized carbons (Fsp3) is 0.476. The molecule has 180 valence electrons. The zero-order valence-corrected chi connectivity index (χ0v) is 19.3. The van der Waals surface area contributed by atoms with Gasteiger partial charge in [-0.15, -0.1) is 11.3 Å². The van der Waals surface area contributed by atoms with Crippen molar-refractivity contribution in [3.05, 3.63) is 44.9 Å². The molecule has 0 aliphatic carbocycles. The number of carboxylic acids is 1. The summed E-state index contributed by atoms with van der Waals surface area (Å²) in [5.41, 5.74) is 0.392. The summed E-state index contributed by atoms with van der Waals surface area (Å²) in [6.45, 7) is 5.44. The van der Waals surface area contributed by atoms with Crippen molar-refractivity contribution in [3.63, 3.8) is 0 Å². The molecule has 1 atom stereocenters. The second kappa shape index (κ2) is 9.86. The third-order valence-corrected chi connectivity index (χ3v) is 6.94. The molecule has 2 aliphatic heterocycles. The van der Waals surface area contributed by atoms with Crippen LogP contribution in [-0.2, 0) is 11.3 Å². The lowest BCUT2D eigenvalue weighted by atomic mass is 9.77. The topological polar surface area (TPSA) is 94.0 Å². The van der Waals surface area contributed by atoms with Crippen LogP contribution in [0.15, 0.2) is 24.4 Å². The van der Waals surface area contributed by atoms with Gasteiger partial charge < -0.3 is 15.1 Å². The molecule has 2 saturated heterocycles. The Morgan fingerprint density at radius 3 is 2.48 bits per heavy atom. The van der Waals surface area contributed by atoms with Crippen LogP contribution in [-0.4, -0.2) is 68.2 Å². The smallest absolute Gasteiger partial charge is 0.490 e. The molecule has 1 amide bonds. The number of thiazole rings is 1. The molecular formula is C21H23ClF3N3O4S. The van der Waals surface area contributed by atoms with Crippen molar-refractivity contribution in [1.29, 1.82) is 0 Å². The van der Waals surface area contributed by atoms with Crippen molar-refractivity contribution in [3.8, 4) is 5.75 Å².